The molecule has 156 valence electrons. The minimum atomic E-state index is -0.601. The van der Waals surface area contributed by atoms with Gasteiger partial charge in [-0.1, -0.05) is 91.0 Å². The number of likely N-dealkylation sites (tertiary alicyclic amines) is 1. The molecule has 0 bridgehead atoms. The van der Waals surface area contributed by atoms with Crippen molar-refractivity contribution in [2.45, 2.75) is 36.9 Å². The quantitative estimate of drug-likeness (QED) is 0.415. The summed E-state index contributed by atoms with van der Waals surface area (Å²) < 4.78 is 6.78. The Morgan fingerprint density at radius 1 is 0.677 bits per heavy atom. The van der Waals surface area contributed by atoms with Gasteiger partial charge in [-0.15, -0.1) is 0 Å². The van der Waals surface area contributed by atoms with Gasteiger partial charge in [0.15, 0.2) is 5.60 Å². The first-order chi connectivity index (χ1) is 15.2. The van der Waals surface area contributed by atoms with Crippen LogP contribution in [-0.2, 0) is 25.5 Å². The molecule has 0 N–H and O–H groups in total. The zero-order valence-corrected chi connectivity index (χ0v) is 17.4. The maximum atomic E-state index is 12.1. The Bertz CT molecular complexity index is 1030. The monoisotopic (exact) mass is 411 g/mol. The van der Waals surface area contributed by atoms with Crippen molar-refractivity contribution in [3.05, 3.63) is 108 Å². The number of carbonyl (C=O) groups excluding carboxylic acids is 2. The summed E-state index contributed by atoms with van der Waals surface area (Å²) in [6, 6.07) is 31.0. The molecule has 2 amide bonds. The molecule has 1 atom stereocenters. The molecule has 2 heterocycles. The van der Waals surface area contributed by atoms with Crippen molar-refractivity contribution in [3.8, 4) is 0 Å². The second-order valence-electron chi connectivity index (χ2n) is 8.25. The molecule has 2 saturated heterocycles. The maximum absolute atomic E-state index is 12.1. The average molecular weight is 412 g/mol. The highest BCUT2D eigenvalue weighted by molar-refractivity contribution is 6.01. The van der Waals surface area contributed by atoms with E-state index in [-0.39, 0.29) is 11.8 Å². The summed E-state index contributed by atoms with van der Waals surface area (Å²) in [5.74, 6) is -0.124. The van der Waals surface area contributed by atoms with Crippen molar-refractivity contribution in [3.63, 3.8) is 0 Å². The van der Waals surface area contributed by atoms with Gasteiger partial charge in [0.2, 0.25) is 11.8 Å². The third-order valence-corrected chi connectivity index (χ3v) is 6.52. The molecule has 0 spiro atoms. The molecule has 4 heteroatoms. The first kappa shape index (κ1) is 19.7. The molecule has 2 aliphatic rings. The van der Waals surface area contributed by atoms with Gasteiger partial charge >= 0.3 is 0 Å². The van der Waals surface area contributed by atoms with E-state index in [9.17, 15) is 9.59 Å². The molecule has 31 heavy (non-hydrogen) atoms. The summed E-state index contributed by atoms with van der Waals surface area (Å²) in [6.07, 6.45) is 2.06. The van der Waals surface area contributed by atoms with E-state index in [0.29, 0.717) is 32.2 Å². The van der Waals surface area contributed by atoms with Gasteiger partial charge < -0.3 is 4.74 Å². The van der Waals surface area contributed by atoms with Crippen LogP contribution in [0.3, 0.4) is 0 Å². The minimum absolute atomic E-state index is 0.0622. The number of rotatable bonds is 7. The highest BCUT2D eigenvalue weighted by Gasteiger charge is 2.71. The van der Waals surface area contributed by atoms with Crippen LogP contribution in [-0.4, -0.2) is 23.3 Å². The van der Waals surface area contributed by atoms with Crippen LogP contribution >= 0.6 is 0 Å². The highest BCUT2D eigenvalue weighted by Crippen LogP contribution is 2.67. The van der Waals surface area contributed by atoms with E-state index in [1.807, 2.05) is 54.6 Å². The lowest BCUT2D eigenvalue weighted by atomic mass is 9.75. The van der Waals surface area contributed by atoms with Gasteiger partial charge in [-0.05, 0) is 29.5 Å². The molecule has 2 fully saturated rings. The van der Waals surface area contributed by atoms with Crippen LogP contribution in [0, 0.1) is 0 Å². The smallest absolute Gasteiger partial charge is 0.229 e. The standard InChI is InChI=1S/C27H25NO3/c29-24-17-18-25(30)28(24)20-10-19-26(21-11-4-1-5-12-21)27(31-26,22-13-6-2-7-14-22)23-15-8-3-9-16-23/h1-9,11-16H,10,17-20H2. The average Bonchev–Trinajstić information content (AvgIpc) is 3.43. The SMILES string of the molecule is O=C1CCC(=O)N1CCCC1(c2ccccc2)OC1(c1ccccc1)c1ccccc1. The lowest BCUT2D eigenvalue weighted by Gasteiger charge is -2.23. The van der Waals surface area contributed by atoms with E-state index >= 15 is 0 Å². The number of carbonyl (C=O) groups is 2. The Kier molecular flexibility index (Phi) is 4.95. The van der Waals surface area contributed by atoms with Crippen molar-refractivity contribution >= 4 is 11.8 Å². The van der Waals surface area contributed by atoms with E-state index in [2.05, 4.69) is 36.4 Å². The van der Waals surface area contributed by atoms with Crippen LogP contribution in [0.2, 0.25) is 0 Å². The van der Waals surface area contributed by atoms with Gasteiger partial charge in [-0.3, -0.25) is 14.5 Å². The van der Waals surface area contributed by atoms with E-state index in [1.165, 1.54) is 4.90 Å². The molecule has 4 nitrogen and oxygen atoms in total. The van der Waals surface area contributed by atoms with Gasteiger partial charge in [-0.2, -0.15) is 0 Å². The van der Waals surface area contributed by atoms with Crippen molar-refractivity contribution in [2.24, 2.45) is 0 Å². The van der Waals surface area contributed by atoms with E-state index in [4.69, 9.17) is 4.74 Å². The van der Waals surface area contributed by atoms with Gasteiger partial charge in [0, 0.05) is 19.4 Å². The topological polar surface area (TPSA) is 49.9 Å². The Labute approximate surface area is 182 Å². The molecule has 0 saturated carbocycles. The third-order valence-electron chi connectivity index (χ3n) is 6.52. The zero-order valence-electron chi connectivity index (χ0n) is 17.4. The van der Waals surface area contributed by atoms with Crippen LogP contribution in [0.25, 0.3) is 0 Å². The number of nitrogens with zero attached hydrogens (tertiary/aromatic N) is 1. The summed E-state index contributed by atoms with van der Waals surface area (Å²) in [5, 5.41) is 0. The van der Waals surface area contributed by atoms with E-state index < -0.39 is 11.2 Å². The molecule has 2 aliphatic heterocycles. The lowest BCUT2D eigenvalue weighted by molar-refractivity contribution is -0.138. The molecular weight excluding hydrogens is 386 g/mol. The number of ether oxygens (including phenoxy) is 1. The van der Waals surface area contributed by atoms with Gasteiger partial charge in [0.25, 0.3) is 0 Å². The van der Waals surface area contributed by atoms with Crippen LogP contribution in [0.1, 0.15) is 42.4 Å². The fraction of sp³-hybridized carbons (Fsp3) is 0.259. The number of epoxide rings is 1. The van der Waals surface area contributed by atoms with Crippen molar-refractivity contribution in [2.75, 3.05) is 6.54 Å². The molecule has 0 radical (unpaired) electrons. The molecule has 3 aromatic carbocycles. The maximum Gasteiger partial charge on any atom is 0.229 e. The summed E-state index contributed by atoms with van der Waals surface area (Å²) >= 11 is 0. The number of imide groups is 1. The second kappa shape index (κ2) is 7.78. The highest BCUT2D eigenvalue weighted by atomic mass is 16.6. The second-order valence-corrected chi connectivity index (χ2v) is 8.25. The predicted octanol–water partition coefficient (Wildman–Crippen LogP) is 4.79. The summed E-state index contributed by atoms with van der Waals surface area (Å²) in [6.45, 7) is 0.440. The predicted molar refractivity (Wildman–Crippen MR) is 118 cm³/mol. The molecule has 0 aromatic heterocycles. The largest absolute Gasteiger partial charge is 0.347 e. The first-order valence-electron chi connectivity index (χ1n) is 10.9. The van der Waals surface area contributed by atoms with Crippen LogP contribution in [0.4, 0.5) is 0 Å². The Balaban J connectivity index is 1.53. The molecule has 3 aromatic rings. The normalized spacial score (nSPS) is 22.0. The van der Waals surface area contributed by atoms with Gasteiger partial charge in [-0.25, -0.2) is 0 Å². The molecular formula is C27H25NO3. The Morgan fingerprint density at radius 2 is 1.13 bits per heavy atom. The summed E-state index contributed by atoms with van der Waals surface area (Å²) in [4.78, 5) is 25.6. The zero-order chi connectivity index (χ0) is 21.3. The summed E-state index contributed by atoms with van der Waals surface area (Å²) in [5.41, 5.74) is 2.18. The van der Waals surface area contributed by atoms with Crippen LogP contribution in [0.5, 0.6) is 0 Å². The van der Waals surface area contributed by atoms with E-state index in [1.54, 1.807) is 0 Å². The number of amides is 2. The van der Waals surface area contributed by atoms with Crippen LogP contribution < -0.4 is 0 Å². The number of hydrogen-bond acceptors (Lipinski definition) is 3. The Hall–Kier alpha value is -3.24. The van der Waals surface area contributed by atoms with Gasteiger partial charge in [0.1, 0.15) is 5.60 Å². The van der Waals surface area contributed by atoms with Crippen LogP contribution in [0.15, 0.2) is 91.0 Å². The van der Waals surface area contributed by atoms with Crippen molar-refractivity contribution in [1.82, 2.24) is 4.90 Å². The minimum Gasteiger partial charge on any atom is -0.347 e. The third kappa shape index (κ3) is 3.19. The molecule has 0 aliphatic carbocycles. The fourth-order valence-electron chi connectivity index (χ4n) is 5.03. The Morgan fingerprint density at radius 3 is 1.61 bits per heavy atom. The van der Waals surface area contributed by atoms with Crippen molar-refractivity contribution < 1.29 is 14.3 Å². The summed E-state index contributed by atoms with van der Waals surface area (Å²) in [7, 11) is 0. The van der Waals surface area contributed by atoms with Gasteiger partial charge in [0.05, 0.1) is 0 Å². The first-order valence-corrected chi connectivity index (χ1v) is 10.9. The fourth-order valence-corrected chi connectivity index (χ4v) is 5.03. The van der Waals surface area contributed by atoms with Crippen molar-refractivity contribution in [1.29, 1.82) is 0 Å². The molecule has 5 rings (SSSR count). The van der Waals surface area contributed by atoms with E-state index in [0.717, 1.165) is 16.7 Å². The molecule has 1 unspecified atom stereocenters. The number of benzene rings is 3. The lowest BCUT2D eigenvalue weighted by Crippen LogP contribution is -2.31. The number of hydrogen-bond donors (Lipinski definition) is 0.